The molecule has 9 heteroatoms. The number of pyridine rings is 1. The molecule has 4 N–H and O–H groups in total. The highest BCUT2D eigenvalue weighted by Crippen LogP contribution is 2.23. The van der Waals surface area contributed by atoms with Gasteiger partial charge in [-0.05, 0) is 30.3 Å². The van der Waals surface area contributed by atoms with Crippen LogP contribution in [0.15, 0.2) is 41.4 Å². The molecule has 0 saturated heterocycles. The van der Waals surface area contributed by atoms with Crippen molar-refractivity contribution in [2.24, 2.45) is 5.84 Å². The Kier molecular flexibility index (Phi) is 4.28. The number of aromatic nitrogens is 1. The molecular weight excluding hydrogens is 314 g/mol. The van der Waals surface area contributed by atoms with Crippen LogP contribution in [0.5, 0.6) is 0 Å². The number of hydrogen-bond acceptors (Lipinski definition) is 6. The lowest BCUT2D eigenvalue weighted by atomic mass is 10.2. The summed E-state index contributed by atoms with van der Waals surface area (Å²) in [5, 5.41) is 8.77. The monoisotopic (exact) mass is 323 g/mol. The fourth-order valence-electron chi connectivity index (χ4n) is 1.50. The van der Waals surface area contributed by atoms with Gasteiger partial charge in [0.25, 0.3) is 10.0 Å². The SMILES string of the molecule is N#Cc1ccc(NS(=O)(=O)c2cnc(NN)c(Cl)c2)cc1. The molecule has 2 aromatic rings. The first-order valence-electron chi connectivity index (χ1n) is 5.61. The van der Waals surface area contributed by atoms with E-state index >= 15 is 0 Å². The summed E-state index contributed by atoms with van der Waals surface area (Å²) in [6.07, 6.45) is 1.13. The number of anilines is 2. The minimum Gasteiger partial charge on any atom is -0.307 e. The Morgan fingerprint density at radius 1 is 1.29 bits per heavy atom. The van der Waals surface area contributed by atoms with Gasteiger partial charge in [0, 0.05) is 11.9 Å². The molecule has 0 fully saturated rings. The topological polar surface area (TPSA) is 121 Å². The molecule has 0 amide bonds. The van der Waals surface area contributed by atoms with Crippen molar-refractivity contribution >= 4 is 33.1 Å². The zero-order chi connectivity index (χ0) is 15.5. The number of rotatable bonds is 4. The number of hydrazine groups is 1. The van der Waals surface area contributed by atoms with Crippen LogP contribution in [-0.2, 0) is 10.0 Å². The Balaban J connectivity index is 2.29. The molecule has 0 aliphatic rings. The summed E-state index contributed by atoms with van der Waals surface area (Å²) in [6.45, 7) is 0. The van der Waals surface area contributed by atoms with Gasteiger partial charge in [0.15, 0.2) is 5.82 Å². The van der Waals surface area contributed by atoms with E-state index in [9.17, 15) is 8.42 Å². The highest BCUT2D eigenvalue weighted by atomic mass is 35.5. The zero-order valence-corrected chi connectivity index (χ0v) is 12.1. The number of nitrogens with one attached hydrogen (secondary N) is 2. The maximum Gasteiger partial charge on any atom is 0.263 e. The molecule has 0 aliphatic carbocycles. The van der Waals surface area contributed by atoms with Crippen LogP contribution in [0.3, 0.4) is 0 Å². The standard InChI is InChI=1S/C12H10ClN5O2S/c13-11-5-10(7-16-12(11)17-15)21(19,20)18-9-3-1-8(6-14)2-4-9/h1-5,7,18H,15H2,(H,16,17). The molecule has 2 rings (SSSR count). The Morgan fingerprint density at radius 3 is 2.48 bits per heavy atom. The van der Waals surface area contributed by atoms with Gasteiger partial charge in [0.2, 0.25) is 0 Å². The average molecular weight is 324 g/mol. The normalized spacial score (nSPS) is 10.7. The molecule has 0 radical (unpaired) electrons. The number of sulfonamides is 1. The molecule has 1 aromatic carbocycles. The van der Waals surface area contributed by atoms with E-state index in [-0.39, 0.29) is 15.7 Å². The molecule has 0 spiro atoms. The summed E-state index contributed by atoms with van der Waals surface area (Å²) in [7, 11) is -3.83. The van der Waals surface area contributed by atoms with Gasteiger partial charge in [-0.25, -0.2) is 19.2 Å². The van der Waals surface area contributed by atoms with E-state index in [0.717, 1.165) is 6.20 Å². The van der Waals surface area contributed by atoms with E-state index in [2.05, 4.69) is 15.1 Å². The van der Waals surface area contributed by atoms with Crippen molar-refractivity contribution in [3.8, 4) is 6.07 Å². The smallest absolute Gasteiger partial charge is 0.263 e. The molecule has 21 heavy (non-hydrogen) atoms. The van der Waals surface area contributed by atoms with Crippen LogP contribution < -0.4 is 16.0 Å². The third-order valence-corrected chi connectivity index (χ3v) is 4.17. The summed E-state index contributed by atoms with van der Waals surface area (Å²) in [6, 6.07) is 9.16. The summed E-state index contributed by atoms with van der Waals surface area (Å²) in [5.41, 5.74) is 3.00. The molecule has 1 heterocycles. The maximum absolute atomic E-state index is 12.2. The highest BCUT2D eigenvalue weighted by Gasteiger charge is 2.16. The number of nitrogen functional groups attached to an aromatic ring is 1. The van der Waals surface area contributed by atoms with Crippen molar-refractivity contribution in [3.63, 3.8) is 0 Å². The number of hydrogen-bond donors (Lipinski definition) is 3. The summed E-state index contributed by atoms with van der Waals surface area (Å²) < 4.78 is 26.7. The first-order chi connectivity index (χ1) is 9.96. The molecule has 0 aliphatic heterocycles. The highest BCUT2D eigenvalue weighted by molar-refractivity contribution is 7.92. The molecular formula is C12H10ClN5O2S. The summed E-state index contributed by atoms with van der Waals surface area (Å²) in [4.78, 5) is 3.70. The van der Waals surface area contributed by atoms with Crippen molar-refractivity contribution in [3.05, 3.63) is 47.1 Å². The lowest BCUT2D eigenvalue weighted by molar-refractivity contribution is 0.601. The van der Waals surface area contributed by atoms with Crippen LogP contribution in [0, 0.1) is 11.3 Å². The predicted octanol–water partition coefficient (Wildman–Crippen LogP) is 1.69. The van der Waals surface area contributed by atoms with Crippen LogP contribution in [0.4, 0.5) is 11.5 Å². The fraction of sp³-hybridized carbons (Fsp3) is 0. The van der Waals surface area contributed by atoms with Gasteiger partial charge in [-0.2, -0.15) is 5.26 Å². The lowest BCUT2D eigenvalue weighted by Gasteiger charge is -2.09. The van der Waals surface area contributed by atoms with E-state index in [1.165, 1.54) is 30.3 Å². The van der Waals surface area contributed by atoms with Gasteiger partial charge < -0.3 is 5.43 Å². The Bertz CT molecular complexity index is 799. The number of halogens is 1. The first kappa shape index (κ1) is 15.1. The largest absolute Gasteiger partial charge is 0.307 e. The van der Waals surface area contributed by atoms with Crippen molar-refractivity contribution < 1.29 is 8.42 Å². The second kappa shape index (κ2) is 5.97. The van der Waals surface area contributed by atoms with Gasteiger partial charge in [-0.3, -0.25) is 4.72 Å². The molecule has 0 atom stereocenters. The van der Waals surface area contributed by atoms with E-state index in [1.807, 2.05) is 6.07 Å². The van der Waals surface area contributed by atoms with Gasteiger partial charge in [-0.1, -0.05) is 11.6 Å². The van der Waals surface area contributed by atoms with Crippen LogP contribution in [0.2, 0.25) is 5.02 Å². The van der Waals surface area contributed by atoms with Crippen LogP contribution in [0.25, 0.3) is 0 Å². The van der Waals surface area contributed by atoms with Gasteiger partial charge >= 0.3 is 0 Å². The van der Waals surface area contributed by atoms with E-state index in [0.29, 0.717) is 11.3 Å². The number of nitrogens with two attached hydrogens (primary N) is 1. The molecule has 0 unspecified atom stereocenters. The second-order valence-electron chi connectivity index (χ2n) is 3.94. The molecule has 1 aromatic heterocycles. The van der Waals surface area contributed by atoms with Crippen LogP contribution in [0.1, 0.15) is 5.56 Å². The van der Waals surface area contributed by atoms with E-state index in [4.69, 9.17) is 22.7 Å². The quantitative estimate of drug-likeness (QED) is 0.581. The maximum atomic E-state index is 12.2. The van der Waals surface area contributed by atoms with Crippen LogP contribution >= 0.6 is 11.6 Å². The fourth-order valence-corrected chi connectivity index (χ4v) is 2.81. The van der Waals surface area contributed by atoms with Crippen molar-refractivity contribution in [1.29, 1.82) is 5.26 Å². The molecule has 0 saturated carbocycles. The van der Waals surface area contributed by atoms with E-state index < -0.39 is 10.0 Å². The molecule has 0 bridgehead atoms. The zero-order valence-electron chi connectivity index (χ0n) is 10.5. The predicted molar refractivity (Wildman–Crippen MR) is 79.0 cm³/mol. The van der Waals surface area contributed by atoms with Gasteiger partial charge in [-0.15, -0.1) is 0 Å². The average Bonchev–Trinajstić information content (AvgIpc) is 2.47. The lowest BCUT2D eigenvalue weighted by Crippen LogP contribution is -2.14. The van der Waals surface area contributed by atoms with Gasteiger partial charge in [0.05, 0.1) is 16.7 Å². The summed E-state index contributed by atoms with van der Waals surface area (Å²) in [5.74, 6) is 5.35. The third kappa shape index (κ3) is 3.41. The number of nitriles is 1. The minimum atomic E-state index is -3.83. The Labute approximate surface area is 126 Å². The first-order valence-corrected chi connectivity index (χ1v) is 7.47. The van der Waals surface area contributed by atoms with Crippen molar-refractivity contribution in [2.75, 3.05) is 10.1 Å². The minimum absolute atomic E-state index is 0.0835. The number of benzene rings is 1. The third-order valence-electron chi connectivity index (χ3n) is 2.53. The molecule has 108 valence electrons. The Morgan fingerprint density at radius 2 is 1.95 bits per heavy atom. The molecule has 7 nitrogen and oxygen atoms in total. The van der Waals surface area contributed by atoms with Crippen molar-refractivity contribution in [2.45, 2.75) is 4.90 Å². The van der Waals surface area contributed by atoms with Gasteiger partial charge in [0.1, 0.15) is 4.90 Å². The number of nitrogens with zero attached hydrogens (tertiary/aromatic N) is 2. The van der Waals surface area contributed by atoms with Crippen molar-refractivity contribution in [1.82, 2.24) is 4.98 Å². The Hall–Kier alpha value is -2.34. The van der Waals surface area contributed by atoms with Crippen LogP contribution in [-0.4, -0.2) is 13.4 Å². The van der Waals surface area contributed by atoms with E-state index in [1.54, 1.807) is 0 Å². The second-order valence-corrected chi connectivity index (χ2v) is 6.03. The summed E-state index contributed by atoms with van der Waals surface area (Å²) >= 11 is 5.84.